The Morgan fingerprint density at radius 2 is 1.81 bits per heavy atom. The molecule has 2 aliphatic rings. The molecule has 0 aliphatic carbocycles. The average molecular weight is 353 g/mol. The first kappa shape index (κ1) is 17.3. The highest BCUT2D eigenvalue weighted by molar-refractivity contribution is 5.88. The summed E-state index contributed by atoms with van der Waals surface area (Å²) in [5.74, 6) is 0.518. The summed E-state index contributed by atoms with van der Waals surface area (Å²) >= 11 is 0. The van der Waals surface area contributed by atoms with Crippen molar-refractivity contribution < 1.29 is 14.3 Å². The molecule has 0 aromatic heterocycles. The van der Waals surface area contributed by atoms with Crippen LogP contribution in [0.5, 0.6) is 5.75 Å². The molecule has 0 saturated carbocycles. The SMILES string of the molecule is CCC(Oc1cccc2ccccc12)C(=O)OC1CC2CCC(C1)N2C. The number of carbonyl (C=O) groups excluding carboxylic acids is 1. The van der Waals surface area contributed by atoms with Crippen LogP contribution in [0.4, 0.5) is 0 Å². The van der Waals surface area contributed by atoms with Crippen LogP contribution in [0.3, 0.4) is 0 Å². The van der Waals surface area contributed by atoms with Gasteiger partial charge in [0.25, 0.3) is 0 Å². The molecule has 0 amide bonds. The lowest BCUT2D eigenvalue weighted by atomic mass is 10.0. The summed E-state index contributed by atoms with van der Waals surface area (Å²) in [6.07, 6.45) is 4.41. The quantitative estimate of drug-likeness (QED) is 0.757. The topological polar surface area (TPSA) is 38.8 Å². The number of esters is 1. The van der Waals surface area contributed by atoms with Crippen LogP contribution in [0.1, 0.15) is 39.0 Å². The molecule has 138 valence electrons. The molecule has 2 heterocycles. The minimum Gasteiger partial charge on any atom is -0.478 e. The first-order valence-electron chi connectivity index (χ1n) is 9.72. The highest BCUT2D eigenvalue weighted by Crippen LogP contribution is 2.36. The van der Waals surface area contributed by atoms with E-state index in [0.717, 1.165) is 29.4 Å². The largest absolute Gasteiger partial charge is 0.478 e. The molecule has 2 fully saturated rings. The second-order valence-electron chi connectivity index (χ2n) is 7.57. The lowest BCUT2D eigenvalue weighted by Gasteiger charge is -2.36. The Morgan fingerprint density at radius 3 is 2.54 bits per heavy atom. The fraction of sp³-hybridized carbons (Fsp3) is 0.500. The van der Waals surface area contributed by atoms with E-state index in [4.69, 9.17) is 9.47 Å². The smallest absolute Gasteiger partial charge is 0.347 e. The molecule has 0 N–H and O–H groups in total. The van der Waals surface area contributed by atoms with Gasteiger partial charge in [0.1, 0.15) is 11.9 Å². The van der Waals surface area contributed by atoms with Gasteiger partial charge in [0.05, 0.1) is 0 Å². The molecule has 2 aromatic carbocycles. The predicted octanol–water partition coefficient (Wildman–Crippen LogP) is 4.17. The minimum absolute atomic E-state index is 0.0290. The van der Waals surface area contributed by atoms with Gasteiger partial charge in [-0.15, -0.1) is 0 Å². The maximum atomic E-state index is 12.7. The van der Waals surface area contributed by atoms with Crippen LogP contribution in [0.25, 0.3) is 10.8 Å². The molecule has 2 aliphatic heterocycles. The van der Waals surface area contributed by atoms with Crippen molar-refractivity contribution in [2.75, 3.05) is 7.05 Å². The van der Waals surface area contributed by atoms with Gasteiger partial charge in [0, 0.05) is 17.5 Å². The van der Waals surface area contributed by atoms with Crippen molar-refractivity contribution in [2.45, 2.75) is 63.3 Å². The highest BCUT2D eigenvalue weighted by Gasteiger charge is 2.40. The van der Waals surface area contributed by atoms with Crippen molar-refractivity contribution in [3.63, 3.8) is 0 Å². The fourth-order valence-electron chi connectivity index (χ4n) is 4.45. The molecular weight excluding hydrogens is 326 g/mol. The lowest BCUT2D eigenvalue weighted by Crippen LogP contribution is -2.44. The summed E-state index contributed by atoms with van der Waals surface area (Å²) in [6, 6.07) is 15.1. The average Bonchev–Trinajstić information content (AvgIpc) is 2.87. The summed E-state index contributed by atoms with van der Waals surface area (Å²) in [5.41, 5.74) is 0. The van der Waals surface area contributed by atoms with Gasteiger partial charge in [0.2, 0.25) is 0 Å². The number of hydrogen-bond acceptors (Lipinski definition) is 4. The van der Waals surface area contributed by atoms with E-state index >= 15 is 0 Å². The first-order chi connectivity index (χ1) is 12.7. The van der Waals surface area contributed by atoms with Crippen molar-refractivity contribution >= 4 is 16.7 Å². The molecule has 4 rings (SSSR count). The lowest BCUT2D eigenvalue weighted by molar-refractivity contribution is -0.160. The van der Waals surface area contributed by atoms with Crippen LogP contribution < -0.4 is 4.74 Å². The van der Waals surface area contributed by atoms with E-state index in [9.17, 15) is 4.79 Å². The Labute approximate surface area is 155 Å². The van der Waals surface area contributed by atoms with E-state index in [1.807, 2.05) is 37.3 Å². The van der Waals surface area contributed by atoms with Gasteiger partial charge in [0.15, 0.2) is 6.10 Å². The Morgan fingerprint density at radius 1 is 1.12 bits per heavy atom. The van der Waals surface area contributed by atoms with Gasteiger partial charge < -0.3 is 14.4 Å². The van der Waals surface area contributed by atoms with Crippen LogP contribution in [-0.2, 0) is 9.53 Å². The van der Waals surface area contributed by atoms with Gasteiger partial charge in [-0.05, 0) is 50.6 Å². The summed E-state index contributed by atoms with van der Waals surface area (Å²) in [7, 11) is 2.19. The molecule has 4 heteroatoms. The monoisotopic (exact) mass is 353 g/mol. The zero-order valence-electron chi connectivity index (χ0n) is 15.6. The van der Waals surface area contributed by atoms with Gasteiger partial charge in [-0.3, -0.25) is 0 Å². The number of benzene rings is 2. The van der Waals surface area contributed by atoms with Gasteiger partial charge in [-0.2, -0.15) is 0 Å². The van der Waals surface area contributed by atoms with Gasteiger partial charge >= 0.3 is 5.97 Å². The third-order valence-electron chi connectivity index (χ3n) is 5.99. The molecule has 0 radical (unpaired) electrons. The van der Waals surface area contributed by atoms with Gasteiger partial charge in [-0.25, -0.2) is 4.79 Å². The molecule has 2 saturated heterocycles. The Balaban J connectivity index is 1.44. The number of ether oxygens (including phenoxy) is 2. The molecule has 26 heavy (non-hydrogen) atoms. The molecule has 3 unspecified atom stereocenters. The van der Waals surface area contributed by atoms with E-state index in [1.165, 1.54) is 12.8 Å². The third kappa shape index (κ3) is 3.30. The number of hydrogen-bond donors (Lipinski definition) is 0. The summed E-state index contributed by atoms with van der Waals surface area (Å²) in [6.45, 7) is 1.97. The van der Waals surface area contributed by atoms with Crippen molar-refractivity contribution in [1.82, 2.24) is 4.90 Å². The highest BCUT2D eigenvalue weighted by atomic mass is 16.6. The third-order valence-corrected chi connectivity index (χ3v) is 5.99. The van der Waals surface area contributed by atoms with Crippen LogP contribution in [0, 0.1) is 0 Å². The van der Waals surface area contributed by atoms with E-state index in [2.05, 4.69) is 24.1 Å². The number of fused-ring (bicyclic) bond motifs is 3. The maximum absolute atomic E-state index is 12.7. The zero-order valence-corrected chi connectivity index (χ0v) is 15.6. The van der Waals surface area contributed by atoms with Crippen LogP contribution in [0.2, 0.25) is 0 Å². The molecular formula is C22H27NO3. The van der Waals surface area contributed by atoms with Crippen LogP contribution in [0.15, 0.2) is 42.5 Å². The Hall–Kier alpha value is -2.07. The number of carbonyl (C=O) groups is 1. The van der Waals surface area contributed by atoms with Crippen molar-refractivity contribution in [3.05, 3.63) is 42.5 Å². The summed E-state index contributed by atoms with van der Waals surface area (Å²) < 4.78 is 12.0. The minimum atomic E-state index is -0.557. The van der Waals surface area contributed by atoms with E-state index < -0.39 is 6.10 Å². The molecule has 2 bridgehead atoms. The standard InChI is InChI=1S/C22H27NO3/c1-3-20(26-21-10-6-8-15-7-4-5-9-19(15)21)22(24)25-18-13-16-11-12-17(14-18)23(16)2/h4-10,16-18,20H,3,11-14H2,1-2H3. The second kappa shape index (κ2) is 7.28. The number of rotatable bonds is 5. The van der Waals surface area contributed by atoms with Crippen LogP contribution >= 0.6 is 0 Å². The predicted molar refractivity (Wildman–Crippen MR) is 102 cm³/mol. The summed E-state index contributed by atoms with van der Waals surface area (Å²) in [5, 5.41) is 2.14. The number of nitrogens with zero attached hydrogens (tertiary/aromatic N) is 1. The molecule has 3 atom stereocenters. The zero-order chi connectivity index (χ0) is 18.1. The molecule has 0 spiro atoms. The summed E-state index contributed by atoms with van der Waals surface area (Å²) in [4.78, 5) is 15.2. The first-order valence-corrected chi connectivity index (χ1v) is 9.72. The molecule has 2 aromatic rings. The van der Waals surface area contributed by atoms with E-state index in [-0.39, 0.29) is 12.1 Å². The van der Waals surface area contributed by atoms with Crippen LogP contribution in [-0.4, -0.2) is 42.2 Å². The van der Waals surface area contributed by atoms with E-state index in [1.54, 1.807) is 0 Å². The van der Waals surface area contributed by atoms with Crippen molar-refractivity contribution in [2.24, 2.45) is 0 Å². The van der Waals surface area contributed by atoms with Crippen molar-refractivity contribution in [3.8, 4) is 5.75 Å². The van der Waals surface area contributed by atoms with Crippen molar-refractivity contribution in [1.29, 1.82) is 0 Å². The fourth-order valence-corrected chi connectivity index (χ4v) is 4.45. The maximum Gasteiger partial charge on any atom is 0.347 e. The Bertz CT molecular complexity index is 771. The van der Waals surface area contributed by atoms with Gasteiger partial charge in [-0.1, -0.05) is 43.3 Å². The van der Waals surface area contributed by atoms with E-state index in [0.29, 0.717) is 18.5 Å². The number of piperidine rings is 1. The Kier molecular flexibility index (Phi) is 4.86. The second-order valence-corrected chi connectivity index (χ2v) is 7.57. The molecule has 4 nitrogen and oxygen atoms in total. The normalized spacial score (nSPS) is 26.6.